The van der Waals surface area contributed by atoms with E-state index in [4.69, 9.17) is 0 Å². The third-order valence-electron chi connectivity index (χ3n) is 5.60. The van der Waals surface area contributed by atoms with Crippen LogP contribution in [0, 0.1) is 11.6 Å². The molecule has 0 radical (unpaired) electrons. The lowest BCUT2D eigenvalue weighted by atomic mass is 9.75. The van der Waals surface area contributed by atoms with Gasteiger partial charge in [-0.3, -0.25) is 0 Å². The number of hydrogen-bond acceptors (Lipinski definition) is 3. The number of halogens is 7. The van der Waals surface area contributed by atoms with Gasteiger partial charge in [0.05, 0.1) is 6.10 Å². The highest BCUT2D eigenvalue weighted by Gasteiger charge is 2.50. The maximum absolute atomic E-state index is 14.6. The first-order valence-electron chi connectivity index (χ1n) is 9.03. The topological polar surface area (TPSA) is 40.5 Å². The Morgan fingerprint density at radius 1 is 0.967 bits per heavy atom. The Kier molecular flexibility index (Phi) is 5.10. The van der Waals surface area contributed by atoms with E-state index in [9.17, 15) is 40.9 Å². The number of aliphatic hydroxyl groups excluding tert-OH is 2. The summed E-state index contributed by atoms with van der Waals surface area (Å²) in [6.07, 6.45) is -4.36. The molecular formula is C20H15F7O2S. The lowest BCUT2D eigenvalue weighted by Crippen LogP contribution is -2.22. The molecule has 0 aromatic heterocycles. The standard InChI is InChI=1S/C20H15F7O2S/c21-8-5-11-14(28)3-1-10(16(11)13(22)6-8)9-2-4-15(30-20(25,26)27)17-12(9)7-19(23,24)18(17)29/h2,4-6,10,14,18,28-29H,1,3,7H2/t10-,14?,18+/m1/s1. The highest BCUT2D eigenvalue weighted by molar-refractivity contribution is 8.00. The molecule has 1 unspecified atom stereocenters. The summed E-state index contributed by atoms with van der Waals surface area (Å²) in [4.78, 5) is -0.540. The summed E-state index contributed by atoms with van der Waals surface area (Å²) in [5.41, 5.74) is -5.38. The fourth-order valence-corrected chi connectivity index (χ4v) is 5.15. The Morgan fingerprint density at radius 3 is 2.33 bits per heavy atom. The van der Waals surface area contributed by atoms with E-state index in [0.29, 0.717) is 6.07 Å². The van der Waals surface area contributed by atoms with Crippen molar-refractivity contribution in [1.82, 2.24) is 0 Å². The van der Waals surface area contributed by atoms with Gasteiger partial charge in [-0.15, -0.1) is 0 Å². The molecule has 2 nitrogen and oxygen atoms in total. The number of hydrogen-bond donors (Lipinski definition) is 2. The second-order valence-electron chi connectivity index (χ2n) is 7.47. The quantitative estimate of drug-likeness (QED) is 0.450. The fourth-order valence-electron chi connectivity index (χ4n) is 4.42. The molecule has 0 saturated heterocycles. The van der Waals surface area contributed by atoms with Crippen LogP contribution in [-0.4, -0.2) is 21.6 Å². The second-order valence-corrected chi connectivity index (χ2v) is 8.58. The lowest BCUT2D eigenvalue weighted by molar-refractivity contribution is -0.0977. The molecule has 2 aliphatic carbocycles. The van der Waals surface area contributed by atoms with Gasteiger partial charge in [-0.2, -0.15) is 13.2 Å². The van der Waals surface area contributed by atoms with E-state index < -0.39 is 69.8 Å². The second kappa shape index (κ2) is 7.13. The first-order chi connectivity index (χ1) is 13.9. The molecule has 0 saturated carbocycles. The molecule has 0 heterocycles. The summed E-state index contributed by atoms with van der Waals surface area (Å²) in [5, 5.41) is 20.2. The Bertz CT molecular complexity index is 1010. The number of benzene rings is 2. The number of aliphatic hydroxyl groups is 2. The predicted molar refractivity (Wildman–Crippen MR) is 94.4 cm³/mol. The molecule has 2 aromatic carbocycles. The molecule has 2 N–H and O–H groups in total. The average molecular weight is 452 g/mol. The molecule has 0 fully saturated rings. The van der Waals surface area contributed by atoms with Crippen LogP contribution in [0.4, 0.5) is 30.7 Å². The minimum atomic E-state index is -4.75. The van der Waals surface area contributed by atoms with E-state index in [1.165, 1.54) is 6.07 Å². The maximum Gasteiger partial charge on any atom is 0.446 e. The zero-order valence-electron chi connectivity index (χ0n) is 15.1. The number of alkyl halides is 5. The van der Waals surface area contributed by atoms with Crippen molar-refractivity contribution in [1.29, 1.82) is 0 Å². The Hall–Kier alpha value is -1.78. The van der Waals surface area contributed by atoms with Gasteiger partial charge in [0.15, 0.2) is 0 Å². The Balaban J connectivity index is 1.90. The van der Waals surface area contributed by atoms with Crippen LogP contribution in [0.2, 0.25) is 0 Å². The summed E-state index contributed by atoms with van der Waals surface area (Å²) in [5.74, 6) is -6.43. The van der Waals surface area contributed by atoms with Crippen LogP contribution in [-0.2, 0) is 6.42 Å². The maximum atomic E-state index is 14.6. The molecule has 0 spiro atoms. The van der Waals surface area contributed by atoms with Crippen molar-refractivity contribution in [3.8, 4) is 0 Å². The van der Waals surface area contributed by atoms with Gasteiger partial charge in [0, 0.05) is 34.4 Å². The molecule has 2 aromatic rings. The lowest BCUT2D eigenvalue weighted by Gasteiger charge is -2.31. The molecule has 0 amide bonds. The monoisotopic (exact) mass is 452 g/mol. The van der Waals surface area contributed by atoms with Crippen LogP contribution < -0.4 is 0 Å². The summed E-state index contributed by atoms with van der Waals surface area (Å²) >= 11 is -0.600. The van der Waals surface area contributed by atoms with E-state index in [1.54, 1.807) is 0 Å². The van der Waals surface area contributed by atoms with Gasteiger partial charge in [-0.05, 0) is 53.4 Å². The third kappa shape index (κ3) is 3.58. The van der Waals surface area contributed by atoms with Crippen molar-refractivity contribution in [2.45, 2.75) is 53.7 Å². The summed E-state index contributed by atoms with van der Waals surface area (Å²) in [6, 6.07) is 3.78. The van der Waals surface area contributed by atoms with Crippen LogP contribution in [0.25, 0.3) is 0 Å². The largest absolute Gasteiger partial charge is 0.446 e. The van der Waals surface area contributed by atoms with Crippen molar-refractivity contribution >= 4 is 11.8 Å². The Labute approximate surface area is 170 Å². The molecule has 2 aliphatic rings. The zero-order chi connectivity index (χ0) is 22.0. The van der Waals surface area contributed by atoms with Gasteiger partial charge < -0.3 is 10.2 Å². The predicted octanol–water partition coefficient (Wildman–Crippen LogP) is 5.76. The van der Waals surface area contributed by atoms with Crippen molar-refractivity contribution < 1.29 is 40.9 Å². The minimum Gasteiger partial charge on any atom is -0.388 e. The van der Waals surface area contributed by atoms with Gasteiger partial charge in [0.1, 0.15) is 17.7 Å². The normalized spacial score (nSPS) is 25.2. The van der Waals surface area contributed by atoms with E-state index in [1.807, 2.05) is 0 Å². The first-order valence-corrected chi connectivity index (χ1v) is 9.85. The van der Waals surface area contributed by atoms with E-state index in [0.717, 1.165) is 12.1 Å². The molecular weight excluding hydrogens is 437 g/mol. The molecule has 0 bridgehead atoms. The molecule has 162 valence electrons. The fraction of sp³-hybridized carbons (Fsp3) is 0.400. The summed E-state index contributed by atoms with van der Waals surface area (Å²) in [6.45, 7) is 0. The van der Waals surface area contributed by atoms with Gasteiger partial charge in [0.25, 0.3) is 5.92 Å². The van der Waals surface area contributed by atoms with Crippen LogP contribution in [0.15, 0.2) is 29.2 Å². The van der Waals surface area contributed by atoms with Crippen molar-refractivity contribution in [3.05, 3.63) is 63.7 Å². The number of thioether (sulfide) groups is 1. The average Bonchev–Trinajstić information content (AvgIpc) is 2.85. The van der Waals surface area contributed by atoms with Gasteiger partial charge in [-0.1, -0.05) is 6.07 Å². The first kappa shape index (κ1) is 21.5. The van der Waals surface area contributed by atoms with Crippen LogP contribution in [0.5, 0.6) is 0 Å². The van der Waals surface area contributed by atoms with Crippen molar-refractivity contribution in [3.63, 3.8) is 0 Å². The van der Waals surface area contributed by atoms with E-state index in [2.05, 4.69) is 0 Å². The van der Waals surface area contributed by atoms with Crippen LogP contribution in [0.1, 0.15) is 58.8 Å². The summed E-state index contributed by atoms with van der Waals surface area (Å²) < 4.78 is 95.5. The summed E-state index contributed by atoms with van der Waals surface area (Å²) in [7, 11) is 0. The third-order valence-corrected chi connectivity index (χ3v) is 6.41. The van der Waals surface area contributed by atoms with Crippen molar-refractivity contribution in [2.75, 3.05) is 0 Å². The highest BCUT2D eigenvalue weighted by atomic mass is 32.2. The minimum absolute atomic E-state index is 0.0171. The van der Waals surface area contributed by atoms with Crippen molar-refractivity contribution in [2.24, 2.45) is 0 Å². The molecule has 10 heteroatoms. The van der Waals surface area contributed by atoms with Gasteiger partial charge in [-0.25, -0.2) is 17.6 Å². The van der Waals surface area contributed by atoms with Gasteiger partial charge in [0.2, 0.25) is 0 Å². The number of fused-ring (bicyclic) bond motifs is 2. The van der Waals surface area contributed by atoms with Crippen LogP contribution in [0.3, 0.4) is 0 Å². The molecule has 30 heavy (non-hydrogen) atoms. The SMILES string of the molecule is OC1CC[C@H](c2ccc(SC(F)(F)F)c3c2CC(F)(F)[C@H]3O)c2c(F)cc(F)cc21. The van der Waals surface area contributed by atoms with Crippen LogP contribution >= 0.6 is 11.8 Å². The molecule has 4 rings (SSSR count). The van der Waals surface area contributed by atoms with E-state index >= 15 is 0 Å². The Morgan fingerprint density at radius 2 is 1.67 bits per heavy atom. The van der Waals surface area contributed by atoms with E-state index in [-0.39, 0.29) is 35.1 Å². The zero-order valence-corrected chi connectivity index (χ0v) is 15.9. The number of rotatable bonds is 2. The smallest absolute Gasteiger partial charge is 0.388 e. The van der Waals surface area contributed by atoms with Gasteiger partial charge >= 0.3 is 5.51 Å². The molecule has 3 atom stereocenters. The molecule has 0 aliphatic heterocycles. The highest BCUT2D eigenvalue weighted by Crippen LogP contribution is 2.53.